The van der Waals surface area contributed by atoms with E-state index in [0.29, 0.717) is 0 Å². The molecule has 0 aromatic rings. The molecule has 0 amide bonds. The minimum Gasteiger partial charge on any atom is -0.478 e. The van der Waals surface area contributed by atoms with Gasteiger partial charge in [0.2, 0.25) is 0 Å². The molecular formula is C5H4Cl4O2. The van der Waals surface area contributed by atoms with Crippen molar-refractivity contribution in [2.24, 2.45) is 0 Å². The second-order valence-electron chi connectivity index (χ2n) is 1.73. The molecule has 0 heterocycles. The molecule has 0 rings (SSSR count). The van der Waals surface area contributed by atoms with Gasteiger partial charge in [0.25, 0.3) is 0 Å². The first kappa shape index (κ1) is 11.4. The second-order valence-corrected chi connectivity index (χ2v) is 4.47. The number of halogens is 4. The van der Waals surface area contributed by atoms with Gasteiger partial charge in [0.15, 0.2) is 3.79 Å². The lowest BCUT2D eigenvalue weighted by atomic mass is 10.2. The summed E-state index contributed by atoms with van der Waals surface area (Å²) in [6.07, 6.45) is -0.212. The zero-order chi connectivity index (χ0) is 9.07. The van der Waals surface area contributed by atoms with Gasteiger partial charge in [-0.2, -0.15) is 0 Å². The van der Waals surface area contributed by atoms with Crippen molar-refractivity contribution in [3.05, 3.63) is 11.1 Å². The predicted octanol–water partition coefficient (Wildman–Crippen LogP) is 2.95. The van der Waals surface area contributed by atoms with E-state index in [2.05, 4.69) is 0 Å². The van der Waals surface area contributed by atoms with Crippen LogP contribution in [-0.2, 0) is 4.79 Å². The molecule has 0 radical (unpaired) electrons. The molecule has 0 fully saturated rings. The molecule has 2 nitrogen and oxygen atoms in total. The van der Waals surface area contributed by atoms with Gasteiger partial charge in [-0.1, -0.05) is 46.4 Å². The van der Waals surface area contributed by atoms with Crippen molar-refractivity contribution in [3.63, 3.8) is 0 Å². The van der Waals surface area contributed by atoms with Crippen molar-refractivity contribution in [2.45, 2.75) is 10.2 Å². The van der Waals surface area contributed by atoms with Crippen LogP contribution in [0.25, 0.3) is 0 Å². The molecule has 0 saturated heterocycles. The van der Waals surface area contributed by atoms with E-state index >= 15 is 0 Å². The van der Waals surface area contributed by atoms with Gasteiger partial charge in [-0.3, -0.25) is 0 Å². The quantitative estimate of drug-likeness (QED) is 0.593. The molecule has 0 spiro atoms. The first-order valence-corrected chi connectivity index (χ1v) is 4.03. The minimum atomic E-state index is -1.61. The molecule has 6 heteroatoms. The summed E-state index contributed by atoms with van der Waals surface area (Å²) in [4.78, 5) is 10.3. The number of hydrogen-bond donors (Lipinski definition) is 1. The topological polar surface area (TPSA) is 37.3 Å². The summed E-state index contributed by atoms with van der Waals surface area (Å²) in [7, 11) is 0. The molecule has 0 aromatic carbocycles. The van der Waals surface area contributed by atoms with Crippen molar-refractivity contribution >= 4 is 52.4 Å². The van der Waals surface area contributed by atoms with Crippen LogP contribution >= 0.6 is 46.4 Å². The second kappa shape index (κ2) is 4.41. The number of hydrogen-bond acceptors (Lipinski definition) is 1. The molecule has 0 aromatic heterocycles. The van der Waals surface area contributed by atoms with E-state index in [1.165, 1.54) is 0 Å². The van der Waals surface area contributed by atoms with Crippen LogP contribution in [0.1, 0.15) is 6.42 Å². The fourth-order valence-electron chi connectivity index (χ4n) is 0.377. The van der Waals surface area contributed by atoms with Crippen LogP contribution in [0.3, 0.4) is 0 Å². The van der Waals surface area contributed by atoms with Crippen LogP contribution < -0.4 is 0 Å². The maximum atomic E-state index is 10.3. The van der Waals surface area contributed by atoms with Crippen molar-refractivity contribution in [1.29, 1.82) is 0 Å². The van der Waals surface area contributed by atoms with E-state index in [-0.39, 0.29) is 12.0 Å². The summed E-state index contributed by atoms with van der Waals surface area (Å²) in [6, 6.07) is 0. The number of carbonyl (C=O) groups is 1. The molecule has 64 valence electrons. The molecule has 0 aliphatic rings. The molecule has 11 heavy (non-hydrogen) atoms. The molecule has 0 bridgehead atoms. The third-order valence-electron chi connectivity index (χ3n) is 0.797. The van der Waals surface area contributed by atoms with Gasteiger partial charge in [0.05, 0.1) is 5.57 Å². The van der Waals surface area contributed by atoms with Crippen molar-refractivity contribution < 1.29 is 9.90 Å². The Bertz CT molecular complexity index is 181. The van der Waals surface area contributed by atoms with E-state index in [9.17, 15) is 4.79 Å². The van der Waals surface area contributed by atoms with Gasteiger partial charge in [-0.15, -0.1) is 0 Å². The summed E-state index contributed by atoms with van der Waals surface area (Å²) in [6.45, 7) is 0. The third kappa shape index (κ3) is 5.62. The fraction of sp³-hybridized carbons (Fsp3) is 0.400. The molecule has 0 atom stereocenters. The fourth-order valence-corrected chi connectivity index (χ4v) is 0.979. The van der Waals surface area contributed by atoms with Crippen LogP contribution in [0.5, 0.6) is 0 Å². The van der Waals surface area contributed by atoms with Crippen molar-refractivity contribution in [3.8, 4) is 0 Å². The number of rotatable bonds is 2. The molecule has 0 saturated carbocycles. The number of alkyl halides is 3. The van der Waals surface area contributed by atoms with Crippen LogP contribution in [0.15, 0.2) is 11.1 Å². The predicted molar refractivity (Wildman–Crippen MR) is 46.5 cm³/mol. The Labute approximate surface area is 83.7 Å². The Kier molecular flexibility index (Phi) is 4.56. The highest BCUT2D eigenvalue weighted by atomic mass is 35.6. The first-order valence-electron chi connectivity index (χ1n) is 2.46. The maximum absolute atomic E-state index is 10.3. The highest BCUT2D eigenvalue weighted by molar-refractivity contribution is 6.67. The van der Waals surface area contributed by atoms with Crippen molar-refractivity contribution in [1.82, 2.24) is 0 Å². The third-order valence-corrected chi connectivity index (χ3v) is 1.46. The van der Waals surface area contributed by atoms with E-state index in [1.54, 1.807) is 0 Å². The zero-order valence-corrected chi connectivity index (χ0v) is 8.18. The number of carboxylic acid groups (broad SMARTS) is 1. The van der Waals surface area contributed by atoms with Gasteiger partial charge in [-0.25, -0.2) is 4.79 Å². The average Bonchev–Trinajstić information content (AvgIpc) is 1.80. The molecule has 0 unspecified atom stereocenters. The summed E-state index contributed by atoms with van der Waals surface area (Å²) < 4.78 is -1.61. The average molecular weight is 238 g/mol. The highest BCUT2D eigenvalue weighted by Crippen LogP contribution is 2.33. The van der Waals surface area contributed by atoms with Gasteiger partial charge >= 0.3 is 5.97 Å². The normalized spacial score (nSPS) is 13.3. The van der Waals surface area contributed by atoms with Gasteiger partial charge in [0.1, 0.15) is 0 Å². The first-order chi connectivity index (χ1) is 4.87. The number of carboxylic acids is 1. The zero-order valence-electron chi connectivity index (χ0n) is 5.15. The Hall–Kier alpha value is 0.370. The lowest BCUT2D eigenvalue weighted by molar-refractivity contribution is -0.132. The monoisotopic (exact) mass is 236 g/mol. The lowest BCUT2D eigenvalue weighted by Gasteiger charge is -2.09. The van der Waals surface area contributed by atoms with E-state index in [1.807, 2.05) is 0 Å². The van der Waals surface area contributed by atoms with E-state index in [0.717, 1.165) is 5.54 Å². The van der Waals surface area contributed by atoms with Crippen LogP contribution in [0.4, 0.5) is 0 Å². The summed E-state index contributed by atoms with van der Waals surface area (Å²) in [5.41, 5.74) is 0.746. The van der Waals surface area contributed by atoms with Gasteiger partial charge in [0, 0.05) is 12.0 Å². The van der Waals surface area contributed by atoms with Gasteiger partial charge in [-0.05, 0) is 0 Å². The lowest BCUT2D eigenvalue weighted by Crippen LogP contribution is -2.09. The Morgan fingerprint density at radius 3 is 2.00 bits per heavy atom. The van der Waals surface area contributed by atoms with Crippen molar-refractivity contribution in [2.75, 3.05) is 0 Å². The Balaban J connectivity index is 4.24. The molecular weight excluding hydrogens is 234 g/mol. The standard InChI is InChI=1S/C5H4Cl4O2/c6-2-3(4(10)11)1-5(7,8)9/h2H,1H2,(H,10,11)/b3-2-. The van der Waals surface area contributed by atoms with Crippen LogP contribution in [-0.4, -0.2) is 14.9 Å². The van der Waals surface area contributed by atoms with E-state index < -0.39 is 9.76 Å². The molecule has 1 N–H and O–H groups in total. The molecule has 0 aliphatic heterocycles. The van der Waals surface area contributed by atoms with Crippen LogP contribution in [0, 0.1) is 0 Å². The van der Waals surface area contributed by atoms with Gasteiger partial charge < -0.3 is 5.11 Å². The largest absolute Gasteiger partial charge is 0.478 e. The SMILES string of the molecule is O=C(O)/C(=C\Cl)CC(Cl)(Cl)Cl. The summed E-state index contributed by atoms with van der Waals surface area (Å²) in [5, 5.41) is 8.41. The Morgan fingerprint density at radius 2 is 1.91 bits per heavy atom. The van der Waals surface area contributed by atoms with Crippen LogP contribution in [0.2, 0.25) is 0 Å². The van der Waals surface area contributed by atoms with E-state index in [4.69, 9.17) is 51.5 Å². The summed E-state index contributed by atoms with van der Waals surface area (Å²) in [5.74, 6) is -1.19. The summed E-state index contributed by atoms with van der Waals surface area (Å²) >= 11 is 21.1. The number of aliphatic carboxylic acids is 1. The Morgan fingerprint density at radius 1 is 1.45 bits per heavy atom. The minimum absolute atomic E-state index is 0.133. The molecule has 0 aliphatic carbocycles. The smallest absolute Gasteiger partial charge is 0.332 e. The highest BCUT2D eigenvalue weighted by Gasteiger charge is 2.24. The maximum Gasteiger partial charge on any atom is 0.332 e.